The number of benzene rings is 2. The number of nitrogens with zero attached hydrogens (tertiary/aromatic N) is 1. The smallest absolute Gasteiger partial charge is 0.339 e. The van der Waals surface area contributed by atoms with Crippen LogP contribution >= 0.6 is 0 Å². The maximum absolute atomic E-state index is 11.0. The van der Waals surface area contributed by atoms with Crippen LogP contribution in [0.3, 0.4) is 0 Å². The number of allylic oxidation sites excluding steroid dienone is 1. The van der Waals surface area contributed by atoms with Crippen molar-refractivity contribution < 1.29 is 20.1 Å². The number of aromatic hydroxyl groups is 2. The Morgan fingerprint density at radius 2 is 2.00 bits per heavy atom. The third-order valence-corrected chi connectivity index (χ3v) is 3.08. The van der Waals surface area contributed by atoms with Crippen molar-refractivity contribution in [3.8, 4) is 11.5 Å². The first-order valence-corrected chi connectivity index (χ1v) is 6.55. The number of hydrogen-bond donors (Lipinski definition) is 3. The second kappa shape index (κ2) is 6.58. The first-order valence-electron chi connectivity index (χ1n) is 6.55. The van der Waals surface area contributed by atoms with E-state index in [1.54, 1.807) is 24.3 Å². The molecule has 22 heavy (non-hydrogen) atoms. The Bertz CT molecular complexity index is 750. The highest BCUT2D eigenvalue weighted by Gasteiger charge is 2.10. The molecule has 112 valence electrons. The van der Waals surface area contributed by atoms with Crippen LogP contribution in [0.5, 0.6) is 11.5 Å². The van der Waals surface area contributed by atoms with Gasteiger partial charge in [0.15, 0.2) is 0 Å². The molecule has 0 unspecified atom stereocenters. The zero-order valence-electron chi connectivity index (χ0n) is 11.7. The summed E-state index contributed by atoms with van der Waals surface area (Å²) in [5, 5.41) is 28.5. The molecule has 0 saturated carbocycles. The Morgan fingerprint density at radius 1 is 1.23 bits per heavy atom. The minimum absolute atomic E-state index is 0.114. The zero-order valence-corrected chi connectivity index (χ0v) is 11.7. The monoisotopic (exact) mass is 297 g/mol. The minimum Gasteiger partial charge on any atom is -0.507 e. The molecule has 0 amide bonds. The highest BCUT2D eigenvalue weighted by molar-refractivity contribution is 5.92. The molecular weight excluding hydrogens is 282 g/mol. The molecule has 0 radical (unpaired) electrons. The van der Waals surface area contributed by atoms with E-state index in [-0.39, 0.29) is 17.1 Å². The van der Waals surface area contributed by atoms with Crippen LogP contribution < -0.4 is 0 Å². The number of aliphatic imine (C=N–C) groups is 1. The van der Waals surface area contributed by atoms with Gasteiger partial charge >= 0.3 is 5.97 Å². The SMILES string of the molecule is C=CCc1cccc(C=Nc2ccc(O)c(C(=O)O)c2)c1O. The molecule has 0 atom stereocenters. The molecule has 3 N–H and O–H groups in total. The predicted molar refractivity (Wildman–Crippen MR) is 84.3 cm³/mol. The Morgan fingerprint density at radius 3 is 2.68 bits per heavy atom. The van der Waals surface area contributed by atoms with E-state index in [9.17, 15) is 15.0 Å². The van der Waals surface area contributed by atoms with Crippen LogP contribution in [0.25, 0.3) is 0 Å². The molecule has 0 aromatic heterocycles. The first kappa shape index (κ1) is 15.3. The van der Waals surface area contributed by atoms with Crippen LogP contribution in [0.1, 0.15) is 21.5 Å². The van der Waals surface area contributed by atoms with E-state index in [1.165, 1.54) is 24.4 Å². The molecule has 0 aliphatic carbocycles. The number of carboxylic acids is 1. The predicted octanol–water partition coefficient (Wildman–Crippen LogP) is 3.28. The highest BCUT2D eigenvalue weighted by Crippen LogP contribution is 2.25. The summed E-state index contributed by atoms with van der Waals surface area (Å²) < 4.78 is 0. The highest BCUT2D eigenvalue weighted by atomic mass is 16.4. The Hall–Kier alpha value is -3.08. The van der Waals surface area contributed by atoms with Gasteiger partial charge in [0.25, 0.3) is 0 Å². The van der Waals surface area contributed by atoms with Gasteiger partial charge in [0.05, 0.1) is 5.69 Å². The van der Waals surface area contributed by atoms with Crippen molar-refractivity contribution in [1.82, 2.24) is 0 Å². The lowest BCUT2D eigenvalue weighted by atomic mass is 10.1. The van der Waals surface area contributed by atoms with E-state index in [4.69, 9.17) is 5.11 Å². The van der Waals surface area contributed by atoms with E-state index in [0.29, 0.717) is 17.7 Å². The molecule has 0 aliphatic heterocycles. The number of carboxylic acid groups (broad SMARTS) is 1. The van der Waals surface area contributed by atoms with Gasteiger partial charge in [-0.2, -0.15) is 0 Å². The largest absolute Gasteiger partial charge is 0.507 e. The lowest BCUT2D eigenvalue weighted by Gasteiger charge is -2.05. The van der Waals surface area contributed by atoms with Crippen LogP contribution in [0, 0.1) is 0 Å². The Labute approximate surface area is 127 Å². The van der Waals surface area contributed by atoms with Crippen molar-refractivity contribution in [2.24, 2.45) is 4.99 Å². The average Bonchev–Trinajstić information content (AvgIpc) is 2.49. The van der Waals surface area contributed by atoms with E-state index in [0.717, 1.165) is 5.56 Å². The van der Waals surface area contributed by atoms with Crippen molar-refractivity contribution in [3.63, 3.8) is 0 Å². The Kier molecular flexibility index (Phi) is 4.58. The lowest BCUT2D eigenvalue weighted by Crippen LogP contribution is -1.96. The van der Waals surface area contributed by atoms with Gasteiger partial charge in [-0.05, 0) is 36.2 Å². The van der Waals surface area contributed by atoms with Crippen molar-refractivity contribution >= 4 is 17.9 Å². The van der Waals surface area contributed by atoms with Crippen molar-refractivity contribution in [2.75, 3.05) is 0 Å². The molecule has 2 rings (SSSR count). The summed E-state index contributed by atoms with van der Waals surface area (Å²) in [5.74, 6) is -1.43. The van der Waals surface area contributed by atoms with Gasteiger partial charge in [0.2, 0.25) is 0 Å². The fourth-order valence-electron chi connectivity index (χ4n) is 1.96. The molecule has 0 heterocycles. The van der Waals surface area contributed by atoms with E-state index >= 15 is 0 Å². The van der Waals surface area contributed by atoms with Gasteiger partial charge in [0.1, 0.15) is 17.1 Å². The molecule has 0 fully saturated rings. The van der Waals surface area contributed by atoms with Gasteiger partial charge < -0.3 is 15.3 Å². The molecular formula is C17H15NO4. The van der Waals surface area contributed by atoms with E-state index in [2.05, 4.69) is 11.6 Å². The third kappa shape index (κ3) is 3.32. The topological polar surface area (TPSA) is 90.1 Å². The fraction of sp³-hybridized carbons (Fsp3) is 0.0588. The Balaban J connectivity index is 2.33. The molecule has 5 nitrogen and oxygen atoms in total. The third-order valence-electron chi connectivity index (χ3n) is 3.08. The zero-order chi connectivity index (χ0) is 16.1. The summed E-state index contributed by atoms with van der Waals surface area (Å²) in [6, 6.07) is 9.30. The molecule has 2 aromatic rings. The standard InChI is InChI=1S/C17H15NO4/c1-2-4-11-5-3-6-12(16(11)20)10-18-13-7-8-15(19)14(9-13)17(21)22/h2-3,5-10,19-20H,1,4H2,(H,21,22). The van der Waals surface area contributed by atoms with Crippen LogP contribution in [-0.2, 0) is 6.42 Å². The van der Waals surface area contributed by atoms with Gasteiger partial charge in [0, 0.05) is 11.8 Å². The number of rotatable bonds is 5. The molecule has 5 heteroatoms. The van der Waals surface area contributed by atoms with Crippen molar-refractivity contribution in [3.05, 3.63) is 65.7 Å². The summed E-state index contributed by atoms with van der Waals surface area (Å²) in [5.41, 5.74) is 1.39. The second-order valence-electron chi connectivity index (χ2n) is 4.61. The average molecular weight is 297 g/mol. The number of carbonyl (C=O) groups is 1. The van der Waals surface area contributed by atoms with Crippen LogP contribution in [-0.4, -0.2) is 27.5 Å². The fourth-order valence-corrected chi connectivity index (χ4v) is 1.96. The molecule has 2 aromatic carbocycles. The van der Waals surface area contributed by atoms with Crippen LogP contribution in [0.2, 0.25) is 0 Å². The normalized spacial score (nSPS) is 10.7. The van der Waals surface area contributed by atoms with E-state index < -0.39 is 5.97 Å². The summed E-state index contributed by atoms with van der Waals surface area (Å²) in [6.45, 7) is 3.63. The molecule has 0 bridgehead atoms. The number of phenolic OH excluding ortho intramolecular Hbond substituents is 1. The number of aromatic carboxylic acids is 1. The first-order chi connectivity index (χ1) is 10.5. The maximum atomic E-state index is 11.0. The van der Waals surface area contributed by atoms with E-state index in [1.807, 2.05) is 0 Å². The van der Waals surface area contributed by atoms with Gasteiger partial charge in [-0.15, -0.1) is 6.58 Å². The molecule has 0 aliphatic rings. The second-order valence-corrected chi connectivity index (χ2v) is 4.61. The maximum Gasteiger partial charge on any atom is 0.339 e. The summed E-state index contributed by atoms with van der Waals surface area (Å²) in [7, 11) is 0. The van der Waals surface area contributed by atoms with Gasteiger partial charge in [-0.3, -0.25) is 4.99 Å². The van der Waals surface area contributed by atoms with Gasteiger partial charge in [-0.25, -0.2) is 4.79 Å². The van der Waals surface area contributed by atoms with Crippen molar-refractivity contribution in [1.29, 1.82) is 0 Å². The van der Waals surface area contributed by atoms with Crippen LogP contribution in [0.4, 0.5) is 5.69 Å². The quantitative estimate of drug-likeness (QED) is 0.583. The summed E-state index contributed by atoms with van der Waals surface area (Å²) in [6.07, 6.45) is 3.67. The number of para-hydroxylation sites is 1. The molecule has 0 saturated heterocycles. The molecule has 0 spiro atoms. The minimum atomic E-state index is -1.23. The summed E-state index contributed by atoms with van der Waals surface area (Å²) in [4.78, 5) is 15.1. The number of phenols is 2. The van der Waals surface area contributed by atoms with Crippen molar-refractivity contribution in [2.45, 2.75) is 6.42 Å². The summed E-state index contributed by atoms with van der Waals surface area (Å²) >= 11 is 0. The number of hydrogen-bond acceptors (Lipinski definition) is 4. The van der Waals surface area contributed by atoms with Gasteiger partial charge in [-0.1, -0.05) is 18.2 Å². The lowest BCUT2D eigenvalue weighted by molar-refractivity contribution is 0.0694. The van der Waals surface area contributed by atoms with Crippen LogP contribution in [0.15, 0.2) is 54.0 Å².